The zero-order valence-electron chi connectivity index (χ0n) is 34.3. The average molecular weight is 852 g/mol. The van der Waals surface area contributed by atoms with E-state index in [9.17, 15) is 9.59 Å². The van der Waals surface area contributed by atoms with E-state index in [0.29, 0.717) is 57.3 Å². The molecule has 2 unspecified atom stereocenters. The number of aromatic nitrogens is 2. The minimum atomic E-state index is -2.30. The van der Waals surface area contributed by atoms with Gasteiger partial charge in [0.2, 0.25) is 0 Å². The third-order valence-electron chi connectivity index (χ3n) is 11.6. The van der Waals surface area contributed by atoms with Crippen molar-refractivity contribution in [3.8, 4) is 28.5 Å². The van der Waals surface area contributed by atoms with Crippen LogP contribution in [0.1, 0.15) is 80.7 Å². The van der Waals surface area contributed by atoms with Crippen LogP contribution in [0, 0.1) is 23.1 Å². The number of nitrogens with zero attached hydrogens (tertiary/aromatic N) is 4. The fraction of sp³-hybridized carbons (Fsp3) is 0.512. The highest BCUT2D eigenvalue weighted by Crippen LogP contribution is 2.44. The van der Waals surface area contributed by atoms with Gasteiger partial charge in [-0.05, 0) is 89.8 Å². The predicted molar refractivity (Wildman–Crippen MR) is 225 cm³/mol. The summed E-state index contributed by atoms with van der Waals surface area (Å²) in [5.74, 6) is 2.42. The lowest BCUT2D eigenvalue weighted by atomic mass is 9.95. The second-order valence-corrected chi connectivity index (χ2v) is 23.4. The summed E-state index contributed by atoms with van der Waals surface area (Å²) in [6.07, 6.45) is 2.78. The number of amides is 1. The largest absolute Gasteiger partial charge is 0.468 e. The molecule has 2 aliphatic heterocycles. The minimum Gasteiger partial charge on any atom is -0.468 e. The number of hydrogen-bond acceptors (Lipinski definition) is 7. The number of hydrogen-bond donors (Lipinski definition) is 0. The Morgan fingerprint density at radius 1 is 1.04 bits per heavy atom. The number of halogens is 3. The number of methoxy groups -OCH3 is 1. The zero-order chi connectivity index (χ0) is 41.0. The van der Waals surface area contributed by atoms with Crippen molar-refractivity contribution in [1.29, 1.82) is 0 Å². The number of anilines is 1. The lowest BCUT2D eigenvalue weighted by molar-refractivity contribution is 0.0123. The summed E-state index contributed by atoms with van der Waals surface area (Å²) in [5.41, 5.74) is 4.45. The van der Waals surface area contributed by atoms with E-state index in [0.717, 1.165) is 12.8 Å². The number of rotatable bonds is 8. The topological polar surface area (TPSA) is 86.1 Å². The average Bonchev–Trinajstić information content (AvgIpc) is 3.39. The van der Waals surface area contributed by atoms with Crippen LogP contribution in [0.2, 0.25) is 16.6 Å². The Bertz CT molecular complexity index is 2280. The molecule has 4 aromatic rings. The van der Waals surface area contributed by atoms with Gasteiger partial charge in [-0.2, -0.15) is 0 Å². The van der Waals surface area contributed by atoms with Crippen LogP contribution < -0.4 is 15.2 Å². The maximum absolute atomic E-state index is 17.5. The van der Waals surface area contributed by atoms with Crippen LogP contribution >= 0.6 is 15.9 Å². The molecule has 2 aliphatic rings. The summed E-state index contributed by atoms with van der Waals surface area (Å²) >= 11 is 3.55. The van der Waals surface area contributed by atoms with Crippen LogP contribution in [0.15, 0.2) is 39.7 Å². The Kier molecular flexibility index (Phi) is 11.7. The van der Waals surface area contributed by atoms with Gasteiger partial charge in [-0.15, -0.1) is 5.54 Å². The molecule has 0 N–H and O–H groups in total. The molecule has 0 radical (unpaired) electrons. The number of fused-ring (bicyclic) bond motifs is 4. The predicted octanol–water partition coefficient (Wildman–Crippen LogP) is 9.93. The van der Waals surface area contributed by atoms with Gasteiger partial charge >= 0.3 is 6.09 Å². The van der Waals surface area contributed by atoms with Gasteiger partial charge in [-0.25, -0.2) is 13.6 Å². The lowest BCUT2D eigenvalue weighted by Gasteiger charge is -2.42. The molecule has 13 heteroatoms. The van der Waals surface area contributed by atoms with Crippen LogP contribution in [0.3, 0.4) is 0 Å². The molecule has 6 rings (SSSR count). The number of carbonyl (C=O) groups excluding carboxylic acids is 1. The number of carbonyl (C=O) groups is 1. The van der Waals surface area contributed by atoms with E-state index < -0.39 is 30.9 Å². The van der Waals surface area contributed by atoms with E-state index in [4.69, 9.17) is 19.2 Å². The van der Waals surface area contributed by atoms with E-state index >= 15 is 8.78 Å². The van der Waals surface area contributed by atoms with E-state index in [1.165, 1.54) is 24.8 Å². The first-order chi connectivity index (χ1) is 26.3. The van der Waals surface area contributed by atoms with Crippen LogP contribution in [0.25, 0.3) is 32.9 Å². The van der Waals surface area contributed by atoms with E-state index in [2.05, 4.69) is 68.9 Å². The van der Waals surface area contributed by atoms with Gasteiger partial charge in [0, 0.05) is 49.8 Å². The maximum Gasteiger partial charge on any atom is 0.410 e. The van der Waals surface area contributed by atoms with E-state index in [1.54, 1.807) is 24.4 Å². The van der Waals surface area contributed by atoms with Crippen molar-refractivity contribution < 1.29 is 27.8 Å². The zero-order valence-corrected chi connectivity index (χ0v) is 36.9. The van der Waals surface area contributed by atoms with Crippen LogP contribution in [0.5, 0.6) is 5.75 Å². The van der Waals surface area contributed by atoms with Crippen molar-refractivity contribution >= 4 is 57.5 Å². The van der Waals surface area contributed by atoms with Crippen molar-refractivity contribution in [1.82, 2.24) is 14.5 Å². The second kappa shape index (κ2) is 15.7. The summed E-state index contributed by atoms with van der Waals surface area (Å²) < 4.78 is 52.0. The SMILES string of the molecule is COCOc1cc(-c2ncc3c(N4CC5CCC(C4)N5C(=O)OC(C)(C)C)c(Br)c(=O)n(C)c3c2F)c2c(C#C[Si](C(C)C)(C(C)C)C(C)C)c(F)ccc2c1. The van der Waals surface area contributed by atoms with Gasteiger partial charge in [-0.3, -0.25) is 14.7 Å². The minimum absolute atomic E-state index is 0.0476. The summed E-state index contributed by atoms with van der Waals surface area (Å²) in [5, 5.41) is 1.42. The van der Waals surface area contributed by atoms with Crippen LogP contribution in [-0.4, -0.2) is 73.3 Å². The Hall–Kier alpha value is -3.99. The number of piperazine rings is 1. The first kappa shape index (κ1) is 41.6. The second-order valence-electron chi connectivity index (χ2n) is 17.1. The first-order valence-electron chi connectivity index (χ1n) is 19.4. The number of aryl methyl sites for hydroxylation is 1. The Morgan fingerprint density at radius 2 is 1.66 bits per heavy atom. The highest BCUT2D eigenvalue weighted by molar-refractivity contribution is 9.10. The standard InChI is InChI=1S/C43H53BrF2N4O5Si/c1-24(2)56(25(3)4,26(5)6)17-16-31-34(45)15-12-27-18-30(54-23-53-11)19-32(35(27)31)38-37(46)40-33(20-47-38)39(36(44)41(51)48(40)10)49-21-28-13-14-29(22-49)50(28)42(52)55-43(7,8)9/h12,15,18-20,24-26,28-29H,13-14,21-23H2,1-11H3. The fourth-order valence-electron chi connectivity index (χ4n) is 9.18. The quantitative estimate of drug-likeness (QED) is 0.0992. The van der Waals surface area contributed by atoms with Crippen molar-refractivity contribution in [2.75, 3.05) is 31.9 Å². The van der Waals surface area contributed by atoms with E-state index in [-0.39, 0.29) is 51.8 Å². The van der Waals surface area contributed by atoms with Gasteiger partial charge < -0.3 is 23.7 Å². The summed E-state index contributed by atoms with van der Waals surface area (Å²) in [4.78, 5) is 35.7. The molecular weight excluding hydrogens is 798 g/mol. The normalized spacial score (nSPS) is 17.4. The van der Waals surface area contributed by atoms with Gasteiger partial charge in [-0.1, -0.05) is 53.5 Å². The van der Waals surface area contributed by atoms with E-state index in [1.807, 2.05) is 30.6 Å². The maximum atomic E-state index is 17.5. The van der Waals surface area contributed by atoms with Gasteiger partial charge in [0.25, 0.3) is 5.56 Å². The Balaban J connectivity index is 1.56. The molecule has 2 saturated heterocycles. The third-order valence-corrected chi connectivity index (χ3v) is 18.6. The number of benzene rings is 2. The molecule has 9 nitrogen and oxygen atoms in total. The molecule has 0 spiro atoms. The highest BCUT2D eigenvalue weighted by atomic mass is 79.9. The smallest absolute Gasteiger partial charge is 0.410 e. The molecule has 2 aromatic heterocycles. The highest BCUT2D eigenvalue weighted by Gasteiger charge is 2.45. The van der Waals surface area contributed by atoms with Crippen molar-refractivity contribution in [2.45, 2.75) is 109 Å². The molecule has 2 atom stereocenters. The summed E-state index contributed by atoms with van der Waals surface area (Å²) in [7, 11) is 0.731. The molecule has 2 aromatic carbocycles. The monoisotopic (exact) mass is 850 g/mol. The van der Waals surface area contributed by atoms with Crippen LogP contribution in [-0.2, 0) is 16.5 Å². The fourth-order valence-corrected chi connectivity index (χ4v) is 15.1. The third kappa shape index (κ3) is 7.33. The number of pyridine rings is 2. The lowest BCUT2D eigenvalue weighted by Crippen LogP contribution is -2.57. The molecular formula is C43H53BrF2N4O5Si. The molecule has 1 amide bonds. The summed E-state index contributed by atoms with van der Waals surface area (Å²) in [6.45, 7) is 19.5. The Labute approximate surface area is 337 Å². The molecule has 2 bridgehead atoms. The molecule has 0 saturated carbocycles. The molecule has 2 fully saturated rings. The van der Waals surface area contributed by atoms with Gasteiger partial charge in [0.05, 0.1) is 28.9 Å². The van der Waals surface area contributed by atoms with Crippen molar-refractivity contribution in [3.05, 3.63) is 62.5 Å². The van der Waals surface area contributed by atoms with Gasteiger partial charge in [0.1, 0.15) is 35.4 Å². The Morgan fingerprint density at radius 3 is 2.23 bits per heavy atom. The molecule has 56 heavy (non-hydrogen) atoms. The molecule has 0 aliphatic carbocycles. The first-order valence-corrected chi connectivity index (χ1v) is 22.4. The van der Waals surface area contributed by atoms with Crippen molar-refractivity contribution in [3.63, 3.8) is 0 Å². The molecule has 4 heterocycles. The number of ether oxygens (including phenoxy) is 3. The van der Waals surface area contributed by atoms with Gasteiger partial charge in [0.15, 0.2) is 12.6 Å². The van der Waals surface area contributed by atoms with Crippen LogP contribution in [0.4, 0.5) is 19.3 Å². The molecule has 300 valence electrons. The summed E-state index contributed by atoms with van der Waals surface area (Å²) in [6, 6.07) is 6.11. The van der Waals surface area contributed by atoms with Crippen molar-refractivity contribution in [2.24, 2.45) is 7.05 Å².